The SMILES string of the molecule is CCCCN(C)CC(NCC)c1ccc(C)cc1C. The van der Waals surface area contributed by atoms with Crippen LogP contribution < -0.4 is 5.32 Å². The fourth-order valence-corrected chi connectivity index (χ4v) is 2.57. The van der Waals surface area contributed by atoms with Crippen molar-refractivity contribution in [2.75, 3.05) is 26.7 Å². The van der Waals surface area contributed by atoms with Gasteiger partial charge in [0, 0.05) is 12.6 Å². The van der Waals surface area contributed by atoms with E-state index < -0.39 is 0 Å². The summed E-state index contributed by atoms with van der Waals surface area (Å²) in [6.07, 6.45) is 2.54. The molecule has 0 bridgehead atoms. The Bertz CT molecular complexity index is 374. The summed E-state index contributed by atoms with van der Waals surface area (Å²) in [6.45, 7) is 12.1. The topological polar surface area (TPSA) is 15.3 Å². The lowest BCUT2D eigenvalue weighted by molar-refractivity contribution is 0.287. The molecule has 0 amide bonds. The lowest BCUT2D eigenvalue weighted by Gasteiger charge is -2.26. The summed E-state index contributed by atoms with van der Waals surface area (Å²) in [4.78, 5) is 2.44. The fourth-order valence-electron chi connectivity index (χ4n) is 2.57. The second kappa shape index (κ2) is 8.34. The van der Waals surface area contributed by atoms with Crippen LogP contribution in [0.3, 0.4) is 0 Å². The highest BCUT2D eigenvalue weighted by molar-refractivity contribution is 5.33. The summed E-state index contributed by atoms with van der Waals surface area (Å²) in [5, 5.41) is 3.62. The molecule has 1 rings (SSSR count). The van der Waals surface area contributed by atoms with E-state index in [1.165, 1.54) is 36.1 Å². The Kier molecular flexibility index (Phi) is 7.11. The Balaban J connectivity index is 2.75. The highest BCUT2D eigenvalue weighted by Gasteiger charge is 2.14. The third-order valence-electron chi connectivity index (χ3n) is 3.64. The van der Waals surface area contributed by atoms with Crippen molar-refractivity contribution < 1.29 is 0 Å². The van der Waals surface area contributed by atoms with Crippen molar-refractivity contribution in [2.24, 2.45) is 0 Å². The van der Waals surface area contributed by atoms with Gasteiger partial charge in [0.25, 0.3) is 0 Å². The number of hydrogen-bond donors (Lipinski definition) is 1. The van der Waals surface area contributed by atoms with Crippen molar-refractivity contribution in [3.63, 3.8) is 0 Å². The molecular formula is C17H30N2. The molecule has 0 aromatic heterocycles. The summed E-state index contributed by atoms with van der Waals surface area (Å²) in [5.74, 6) is 0. The lowest BCUT2D eigenvalue weighted by Crippen LogP contribution is -2.34. The maximum Gasteiger partial charge on any atom is 0.0451 e. The van der Waals surface area contributed by atoms with Crippen LogP contribution in [0.4, 0.5) is 0 Å². The first kappa shape index (κ1) is 16.2. The maximum atomic E-state index is 3.62. The van der Waals surface area contributed by atoms with Gasteiger partial charge in [-0.2, -0.15) is 0 Å². The van der Waals surface area contributed by atoms with Gasteiger partial charge in [0.2, 0.25) is 0 Å². The molecule has 0 heterocycles. The third kappa shape index (κ3) is 5.33. The van der Waals surface area contributed by atoms with Crippen LogP contribution in [0.5, 0.6) is 0 Å². The summed E-state index contributed by atoms with van der Waals surface area (Å²) in [7, 11) is 2.23. The van der Waals surface area contributed by atoms with E-state index in [0.717, 1.165) is 13.1 Å². The molecule has 0 aliphatic heterocycles. The Morgan fingerprint density at radius 1 is 1.21 bits per heavy atom. The number of nitrogens with zero attached hydrogens (tertiary/aromatic N) is 1. The average Bonchev–Trinajstić information content (AvgIpc) is 2.36. The van der Waals surface area contributed by atoms with Crippen LogP contribution in [-0.4, -0.2) is 31.6 Å². The van der Waals surface area contributed by atoms with E-state index in [0.29, 0.717) is 6.04 Å². The van der Waals surface area contributed by atoms with Crippen molar-refractivity contribution in [1.82, 2.24) is 10.2 Å². The molecule has 1 atom stereocenters. The smallest absolute Gasteiger partial charge is 0.0451 e. The molecule has 0 radical (unpaired) electrons. The zero-order chi connectivity index (χ0) is 14.3. The molecule has 1 aromatic rings. The van der Waals surface area contributed by atoms with Gasteiger partial charge in [0.1, 0.15) is 0 Å². The van der Waals surface area contributed by atoms with Gasteiger partial charge < -0.3 is 10.2 Å². The number of rotatable bonds is 8. The Labute approximate surface area is 119 Å². The number of benzene rings is 1. The highest BCUT2D eigenvalue weighted by Crippen LogP contribution is 2.20. The van der Waals surface area contributed by atoms with E-state index in [-0.39, 0.29) is 0 Å². The van der Waals surface area contributed by atoms with E-state index in [1.54, 1.807) is 0 Å². The van der Waals surface area contributed by atoms with Gasteiger partial charge in [0.05, 0.1) is 0 Å². The lowest BCUT2D eigenvalue weighted by atomic mass is 9.98. The summed E-state index contributed by atoms with van der Waals surface area (Å²) < 4.78 is 0. The van der Waals surface area contributed by atoms with Crippen LogP contribution in [0.25, 0.3) is 0 Å². The zero-order valence-electron chi connectivity index (χ0n) is 13.3. The first-order chi connectivity index (χ1) is 9.08. The molecule has 2 nitrogen and oxygen atoms in total. The monoisotopic (exact) mass is 262 g/mol. The van der Waals surface area contributed by atoms with Gasteiger partial charge in [-0.1, -0.05) is 44.0 Å². The van der Waals surface area contributed by atoms with Gasteiger partial charge in [-0.3, -0.25) is 0 Å². The second-order valence-electron chi connectivity index (χ2n) is 5.59. The Morgan fingerprint density at radius 3 is 2.53 bits per heavy atom. The van der Waals surface area contributed by atoms with E-state index in [4.69, 9.17) is 0 Å². The number of unbranched alkanes of at least 4 members (excludes halogenated alkanes) is 1. The van der Waals surface area contributed by atoms with Crippen molar-refractivity contribution >= 4 is 0 Å². The van der Waals surface area contributed by atoms with E-state index in [2.05, 4.69) is 63.2 Å². The van der Waals surface area contributed by atoms with Crippen LogP contribution in [0.1, 0.15) is 49.4 Å². The highest BCUT2D eigenvalue weighted by atomic mass is 15.1. The van der Waals surface area contributed by atoms with Crippen LogP contribution in [-0.2, 0) is 0 Å². The molecule has 0 aliphatic rings. The molecule has 0 saturated carbocycles. The van der Waals surface area contributed by atoms with Crippen LogP contribution in [0.2, 0.25) is 0 Å². The predicted molar refractivity (Wildman–Crippen MR) is 84.7 cm³/mol. The molecule has 2 heteroatoms. The van der Waals surface area contributed by atoms with Gasteiger partial charge in [-0.25, -0.2) is 0 Å². The fraction of sp³-hybridized carbons (Fsp3) is 0.647. The largest absolute Gasteiger partial charge is 0.309 e. The van der Waals surface area contributed by atoms with E-state index in [9.17, 15) is 0 Å². The molecular weight excluding hydrogens is 232 g/mol. The molecule has 0 fully saturated rings. The minimum Gasteiger partial charge on any atom is -0.309 e. The molecule has 19 heavy (non-hydrogen) atoms. The van der Waals surface area contributed by atoms with Crippen LogP contribution in [0, 0.1) is 13.8 Å². The van der Waals surface area contributed by atoms with Gasteiger partial charge >= 0.3 is 0 Å². The van der Waals surface area contributed by atoms with Crippen LogP contribution in [0.15, 0.2) is 18.2 Å². The molecule has 0 saturated heterocycles. The molecule has 0 spiro atoms. The molecule has 1 N–H and O–H groups in total. The zero-order valence-corrected chi connectivity index (χ0v) is 13.3. The summed E-state index contributed by atoms with van der Waals surface area (Å²) in [6, 6.07) is 7.23. The first-order valence-corrected chi connectivity index (χ1v) is 7.57. The van der Waals surface area contributed by atoms with Crippen molar-refractivity contribution in [2.45, 2.75) is 46.6 Å². The van der Waals surface area contributed by atoms with E-state index >= 15 is 0 Å². The molecule has 1 aromatic carbocycles. The van der Waals surface area contributed by atoms with Gasteiger partial charge in [-0.15, -0.1) is 0 Å². The second-order valence-corrected chi connectivity index (χ2v) is 5.59. The standard InChI is InChI=1S/C17H30N2/c1-6-8-11-19(5)13-17(18-7-2)16-10-9-14(3)12-15(16)4/h9-10,12,17-18H,6-8,11,13H2,1-5H3. The molecule has 1 unspecified atom stereocenters. The summed E-state index contributed by atoms with van der Waals surface area (Å²) in [5.41, 5.74) is 4.18. The maximum absolute atomic E-state index is 3.62. The third-order valence-corrected chi connectivity index (χ3v) is 3.64. The Morgan fingerprint density at radius 2 is 1.95 bits per heavy atom. The van der Waals surface area contributed by atoms with E-state index in [1.807, 2.05) is 0 Å². The molecule has 0 aliphatic carbocycles. The minimum atomic E-state index is 0.437. The number of likely N-dealkylation sites (N-methyl/N-ethyl adjacent to an activating group) is 2. The average molecular weight is 262 g/mol. The number of nitrogens with one attached hydrogen (secondary N) is 1. The van der Waals surface area contributed by atoms with Crippen molar-refractivity contribution in [3.8, 4) is 0 Å². The number of aryl methyl sites for hydroxylation is 2. The minimum absolute atomic E-state index is 0.437. The molecule has 108 valence electrons. The van der Waals surface area contributed by atoms with Crippen molar-refractivity contribution in [3.05, 3.63) is 34.9 Å². The Hall–Kier alpha value is -0.860. The number of hydrogen-bond acceptors (Lipinski definition) is 2. The van der Waals surface area contributed by atoms with Gasteiger partial charge in [0.15, 0.2) is 0 Å². The quantitative estimate of drug-likeness (QED) is 0.768. The normalized spacial score (nSPS) is 12.9. The predicted octanol–water partition coefficient (Wildman–Crippen LogP) is 3.69. The summed E-state index contributed by atoms with van der Waals surface area (Å²) >= 11 is 0. The first-order valence-electron chi connectivity index (χ1n) is 7.57. The van der Waals surface area contributed by atoms with Gasteiger partial charge in [-0.05, 0) is 51.5 Å². The van der Waals surface area contributed by atoms with Crippen LogP contribution >= 0.6 is 0 Å². The van der Waals surface area contributed by atoms with Crippen molar-refractivity contribution in [1.29, 1.82) is 0 Å².